The third-order valence-corrected chi connectivity index (χ3v) is 3.63. The first-order valence-electron chi connectivity index (χ1n) is 6.93. The van der Waals surface area contributed by atoms with Crippen molar-refractivity contribution in [1.82, 2.24) is 4.98 Å². The maximum absolute atomic E-state index is 12.3. The Morgan fingerprint density at radius 1 is 1.14 bits per heavy atom. The molecule has 1 heterocycles. The molecule has 0 atom stereocenters. The molecule has 0 unspecified atom stereocenters. The Bertz CT molecular complexity index is 680. The van der Waals surface area contributed by atoms with Crippen molar-refractivity contribution in [3.63, 3.8) is 0 Å². The molecule has 3 nitrogen and oxygen atoms in total. The zero-order valence-electron chi connectivity index (χ0n) is 12.7. The lowest BCUT2D eigenvalue weighted by molar-refractivity contribution is 0.102. The number of halogens is 1. The van der Waals surface area contributed by atoms with Gasteiger partial charge in [-0.1, -0.05) is 31.5 Å². The van der Waals surface area contributed by atoms with E-state index >= 15 is 0 Å². The number of nitrogens with zero attached hydrogens (tertiary/aromatic N) is 1. The molecule has 110 valence electrons. The summed E-state index contributed by atoms with van der Waals surface area (Å²) in [6, 6.07) is 9.21. The lowest BCUT2D eigenvalue weighted by Gasteiger charge is -2.10. The first-order valence-corrected chi connectivity index (χ1v) is 7.30. The highest BCUT2D eigenvalue weighted by atomic mass is 35.5. The Hall–Kier alpha value is -1.87. The van der Waals surface area contributed by atoms with Crippen LogP contribution in [0.3, 0.4) is 0 Å². The summed E-state index contributed by atoms with van der Waals surface area (Å²) in [7, 11) is 0. The van der Waals surface area contributed by atoms with Crippen LogP contribution < -0.4 is 5.32 Å². The third kappa shape index (κ3) is 3.82. The monoisotopic (exact) mass is 302 g/mol. The quantitative estimate of drug-likeness (QED) is 0.833. The summed E-state index contributed by atoms with van der Waals surface area (Å²) in [5, 5.41) is 3.23. The number of carbonyl (C=O) groups is 1. The van der Waals surface area contributed by atoms with Gasteiger partial charge in [0.05, 0.1) is 0 Å². The number of hydrogen-bond donors (Lipinski definition) is 1. The van der Waals surface area contributed by atoms with Gasteiger partial charge in [0.15, 0.2) is 0 Å². The smallest absolute Gasteiger partial charge is 0.255 e. The molecule has 0 aliphatic heterocycles. The van der Waals surface area contributed by atoms with Gasteiger partial charge in [0.1, 0.15) is 5.15 Å². The van der Waals surface area contributed by atoms with Crippen molar-refractivity contribution in [2.45, 2.75) is 33.6 Å². The predicted molar refractivity (Wildman–Crippen MR) is 87.2 cm³/mol. The van der Waals surface area contributed by atoms with Crippen LogP contribution in [0.4, 0.5) is 5.69 Å². The van der Waals surface area contributed by atoms with Crippen LogP contribution in [-0.4, -0.2) is 10.9 Å². The first-order chi connectivity index (χ1) is 9.86. The second kappa shape index (κ2) is 6.27. The summed E-state index contributed by atoms with van der Waals surface area (Å²) in [6.45, 7) is 8.09. The molecule has 1 N–H and O–H groups in total. The number of pyridine rings is 1. The molecule has 0 fully saturated rings. The van der Waals surface area contributed by atoms with Crippen molar-refractivity contribution < 1.29 is 4.79 Å². The highest BCUT2D eigenvalue weighted by molar-refractivity contribution is 6.29. The van der Waals surface area contributed by atoms with Gasteiger partial charge in [0.25, 0.3) is 5.91 Å². The van der Waals surface area contributed by atoms with E-state index in [2.05, 4.69) is 10.3 Å². The van der Waals surface area contributed by atoms with Crippen molar-refractivity contribution >= 4 is 23.2 Å². The van der Waals surface area contributed by atoms with Crippen LogP contribution in [0.15, 0.2) is 30.3 Å². The van der Waals surface area contributed by atoms with Crippen LogP contribution in [-0.2, 0) is 0 Å². The molecule has 0 aliphatic carbocycles. The molecule has 21 heavy (non-hydrogen) atoms. The summed E-state index contributed by atoms with van der Waals surface area (Å²) < 4.78 is 0. The number of aryl methyl sites for hydroxylation is 2. The maximum atomic E-state index is 12.3. The number of benzene rings is 1. The minimum absolute atomic E-state index is 0.176. The Labute approximate surface area is 130 Å². The minimum atomic E-state index is -0.176. The van der Waals surface area contributed by atoms with Crippen molar-refractivity contribution in [2.75, 3.05) is 5.32 Å². The van der Waals surface area contributed by atoms with Gasteiger partial charge in [-0.3, -0.25) is 4.79 Å². The largest absolute Gasteiger partial charge is 0.322 e. The zero-order valence-corrected chi connectivity index (χ0v) is 13.5. The Morgan fingerprint density at radius 2 is 1.86 bits per heavy atom. The van der Waals surface area contributed by atoms with Gasteiger partial charge in [0.2, 0.25) is 0 Å². The fourth-order valence-electron chi connectivity index (χ4n) is 1.97. The van der Waals surface area contributed by atoms with E-state index in [1.807, 2.05) is 45.9 Å². The number of amides is 1. The van der Waals surface area contributed by atoms with E-state index in [0.717, 1.165) is 16.9 Å². The molecular weight excluding hydrogens is 284 g/mol. The van der Waals surface area contributed by atoms with Crippen LogP contribution in [0.5, 0.6) is 0 Å². The minimum Gasteiger partial charge on any atom is -0.322 e. The highest BCUT2D eigenvalue weighted by Gasteiger charge is 2.11. The molecule has 0 bridgehead atoms. The molecule has 2 rings (SSSR count). The molecule has 0 saturated heterocycles. The van der Waals surface area contributed by atoms with E-state index in [1.54, 1.807) is 12.1 Å². The summed E-state index contributed by atoms with van der Waals surface area (Å²) in [6.07, 6.45) is 0. The van der Waals surface area contributed by atoms with Gasteiger partial charge in [-0.05, 0) is 55.2 Å². The molecule has 4 heteroatoms. The van der Waals surface area contributed by atoms with Gasteiger partial charge >= 0.3 is 0 Å². The van der Waals surface area contributed by atoms with E-state index in [1.165, 1.54) is 5.56 Å². The number of rotatable bonds is 3. The molecule has 0 aliphatic rings. The van der Waals surface area contributed by atoms with E-state index in [-0.39, 0.29) is 11.8 Å². The van der Waals surface area contributed by atoms with Crippen molar-refractivity contribution in [2.24, 2.45) is 0 Å². The maximum Gasteiger partial charge on any atom is 0.255 e. The van der Waals surface area contributed by atoms with Gasteiger partial charge in [0, 0.05) is 16.9 Å². The Balaban J connectivity index is 2.25. The van der Waals surface area contributed by atoms with E-state index in [0.29, 0.717) is 10.7 Å². The molecular formula is C17H19ClN2O. The van der Waals surface area contributed by atoms with E-state index in [4.69, 9.17) is 11.6 Å². The van der Waals surface area contributed by atoms with Gasteiger partial charge in [-0.25, -0.2) is 4.98 Å². The van der Waals surface area contributed by atoms with Crippen LogP contribution >= 0.6 is 11.6 Å². The normalized spacial score (nSPS) is 10.8. The molecule has 1 aromatic carbocycles. The third-order valence-electron chi connectivity index (χ3n) is 3.43. The topological polar surface area (TPSA) is 42.0 Å². The summed E-state index contributed by atoms with van der Waals surface area (Å²) in [5.74, 6) is 0.0429. The Kier molecular flexibility index (Phi) is 4.63. The standard InChI is InChI=1S/C17H19ClN2O/c1-10(2)15-8-13(9-16(18)20-15)17(21)19-14-6-5-11(3)12(4)7-14/h5-10H,1-4H3,(H,19,21). The van der Waals surface area contributed by atoms with E-state index in [9.17, 15) is 4.79 Å². The van der Waals surface area contributed by atoms with Crippen LogP contribution in [0.25, 0.3) is 0 Å². The van der Waals surface area contributed by atoms with Gasteiger partial charge < -0.3 is 5.32 Å². The molecule has 0 saturated carbocycles. The molecule has 2 aromatic rings. The van der Waals surface area contributed by atoms with Crippen LogP contribution in [0, 0.1) is 13.8 Å². The lowest BCUT2D eigenvalue weighted by Crippen LogP contribution is -2.13. The van der Waals surface area contributed by atoms with Crippen molar-refractivity contribution in [1.29, 1.82) is 0 Å². The fourth-order valence-corrected chi connectivity index (χ4v) is 2.18. The van der Waals surface area contributed by atoms with E-state index < -0.39 is 0 Å². The number of anilines is 1. The average Bonchev–Trinajstić information content (AvgIpc) is 2.42. The van der Waals surface area contributed by atoms with Crippen LogP contribution in [0.1, 0.15) is 46.9 Å². The van der Waals surface area contributed by atoms with Gasteiger partial charge in [-0.15, -0.1) is 0 Å². The predicted octanol–water partition coefficient (Wildman–Crippen LogP) is 4.73. The van der Waals surface area contributed by atoms with Crippen LogP contribution in [0.2, 0.25) is 5.15 Å². The SMILES string of the molecule is Cc1ccc(NC(=O)c2cc(Cl)nc(C(C)C)c2)cc1C. The molecule has 1 aromatic heterocycles. The number of nitrogens with one attached hydrogen (secondary N) is 1. The van der Waals surface area contributed by atoms with Gasteiger partial charge in [-0.2, -0.15) is 0 Å². The van der Waals surface area contributed by atoms with Crippen molar-refractivity contribution in [3.8, 4) is 0 Å². The number of carbonyl (C=O) groups excluding carboxylic acids is 1. The average molecular weight is 303 g/mol. The first kappa shape index (κ1) is 15.5. The summed E-state index contributed by atoms with van der Waals surface area (Å²) in [5.41, 5.74) is 4.46. The summed E-state index contributed by atoms with van der Waals surface area (Å²) in [4.78, 5) is 16.6. The van der Waals surface area contributed by atoms with Crippen molar-refractivity contribution in [3.05, 3.63) is 57.9 Å². The molecule has 0 spiro atoms. The number of hydrogen-bond acceptors (Lipinski definition) is 2. The molecule has 0 radical (unpaired) electrons. The highest BCUT2D eigenvalue weighted by Crippen LogP contribution is 2.20. The number of aromatic nitrogens is 1. The Morgan fingerprint density at radius 3 is 2.48 bits per heavy atom. The lowest BCUT2D eigenvalue weighted by atomic mass is 10.1. The second-order valence-corrected chi connectivity index (χ2v) is 5.90. The fraction of sp³-hybridized carbons (Fsp3) is 0.294. The molecule has 1 amide bonds. The zero-order chi connectivity index (χ0) is 15.6. The summed E-state index contributed by atoms with van der Waals surface area (Å²) >= 11 is 6.00. The second-order valence-electron chi connectivity index (χ2n) is 5.51.